The Morgan fingerprint density at radius 1 is 1.23 bits per heavy atom. The first kappa shape index (κ1) is 18.2. The summed E-state index contributed by atoms with van der Waals surface area (Å²) in [6.07, 6.45) is 7.61. The van der Waals surface area contributed by atoms with Gasteiger partial charge in [-0.15, -0.1) is 0 Å². The van der Waals surface area contributed by atoms with E-state index in [1.54, 1.807) is 13.3 Å². The lowest BCUT2D eigenvalue weighted by atomic mass is 9.95. The number of hydrogen-bond donors (Lipinski definition) is 1. The van der Waals surface area contributed by atoms with E-state index in [0.717, 1.165) is 50.3 Å². The molecule has 1 aromatic heterocycles. The zero-order valence-corrected chi connectivity index (χ0v) is 15.4. The van der Waals surface area contributed by atoms with Crippen LogP contribution in [0, 0.1) is 5.92 Å². The van der Waals surface area contributed by atoms with E-state index in [1.165, 1.54) is 0 Å². The third-order valence-corrected chi connectivity index (χ3v) is 4.93. The number of aromatic nitrogens is 2. The summed E-state index contributed by atoms with van der Waals surface area (Å²) in [4.78, 5) is 23.6. The lowest BCUT2D eigenvalue weighted by Crippen LogP contribution is -2.32. The van der Waals surface area contributed by atoms with Crippen LogP contribution >= 0.6 is 0 Å². The number of nitrogens with zero attached hydrogens (tertiary/aromatic N) is 3. The first-order chi connectivity index (χ1) is 12.7. The van der Waals surface area contributed by atoms with Crippen molar-refractivity contribution in [3.05, 3.63) is 47.9 Å². The van der Waals surface area contributed by atoms with E-state index in [-0.39, 0.29) is 5.91 Å². The fourth-order valence-corrected chi connectivity index (χ4v) is 3.45. The van der Waals surface area contributed by atoms with E-state index in [2.05, 4.69) is 15.3 Å². The van der Waals surface area contributed by atoms with E-state index in [9.17, 15) is 4.79 Å². The van der Waals surface area contributed by atoms with Gasteiger partial charge in [0.15, 0.2) is 0 Å². The van der Waals surface area contributed by atoms with Gasteiger partial charge in [-0.3, -0.25) is 9.78 Å². The van der Waals surface area contributed by atoms with Gasteiger partial charge in [-0.25, -0.2) is 4.98 Å². The molecule has 0 bridgehead atoms. The Labute approximate surface area is 154 Å². The first-order valence-corrected chi connectivity index (χ1v) is 9.12. The Kier molecular flexibility index (Phi) is 6.04. The molecule has 1 amide bonds. The van der Waals surface area contributed by atoms with Gasteiger partial charge in [-0.05, 0) is 43.7 Å². The third kappa shape index (κ3) is 4.31. The standard InChI is InChI=1S/C20H26N4O2/c1-21-19-14-22-16(13-23-19)12-15-6-5-10-24(11-9-15)20(25)17-7-3-4-8-18(17)26-2/h3-4,7-8,13-15H,5-6,9-12H2,1-2H3,(H,21,23). The molecule has 26 heavy (non-hydrogen) atoms. The maximum Gasteiger partial charge on any atom is 0.257 e. The molecule has 2 heterocycles. The lowest BCUT2D eigenvalue weighted by Gasteiger charge is -2.21. The zero-order chi connectivity index (χ0) is 18.4. The number of amides is 1. The highest BCUT2D eigenvalue weighted by atomic mass is 16.5. The molecular formula is C20H26N4O2. The molecule has 0 spiro atoms. The summed E-state index contributed by atoms with van der Waals surface area (Å²) in [5, 5.41) is 2.98. The van der Waals surface area contributed by atoms with Crippen LogP contribution in [0.5, 0.6) is 5.75 Å². The van der Waals surface area contributed by atoms with Crippen molar-refractivity contribution in [3.63, 3.8) is 0 Å². The number of nitrogens with one attached hydrogen (secondary N) is 1. The maximum absolute atomic E-state index is 12.9. The summed E-state index contributed by atoms with van der Waals surface area (Å²) in [7, 11) is 3.44. The minimum absolute atomic E-state index is 0.0567. The number of carbonyl (C=O) groups is 1. The van der Waals surface area contributed by atoms with Crippen molar-refractivity contribution in [3.8, 4) is 5.75 Å². The van der Waals surface area contributed by atoms with E-state index >= 15 is 0 Å². The van der Waals surface area contributed by atoms with Gasteiger partial charge in [-0.2, -0.15) is 0 Å². The van der Waals surface area contributed by atoms with Crippen molar-refractivity contribution in [1.29, 1.82) is 0 Å². The van der Waals surface area contributed by atoms with Crippen molar-refractivity contribution in [2.75, 3.05) is 32.6 Å². The topological polar surface area (TPSA) is 67.4 Å². The Balaban J connectivity index is 1.61. The molecule has 1 atom stereocenters. The minimum Gasteiger partial charge on any atom is -0.496 e. The average Bonchev–Trinajstić information content (AvgIpc) is 2.93. The van der Waals surface area contributed by atoms with E-state index in [4.69, 9.17) is 4.74 Å². The van der Waals surface area contributed by atoms with Crippen LogP contribution in [-0.2, 0) is 6.42 Å². The van der Waals surface area contributed by atoms with Gasteiger partial charge in [0.05, 0.1) is 30.8 Å². The molecular weight excluding hydrogens is 328 g/mol. The largest absolute Gasteiger partial charge is 0.496 e. The summed E-state index contributed by atoms with van der Waals surface area (Å²) < 4.78 is 5.34. The lowest BCUT2D eigenvalue weighted by molar-refractivity contribution is 0.0756. The van der Waals surface area contributed by atoms with Crippen LogP contribution < -0.4 is 10.1 Å². The minimum atomic E-state index is 0.0567. The molecule has 6 heteroatoms. The van der Waals surface area contributed by atoms with Gasteiger partial charge < -0.3 is 15.0 Å². The third-order valence-electron chi connectivity index (χ3n) is 4.93. The zero-order valence-electron chi connectivity index (χ0n) is 15.4. The predicted octanol–water partition coefficient (Wildman–Crippen LogP) is 3.01. The van der Waals surface area contributed by atoms with Crippen molar-refractivity contribution >= 4 is 11.7 Å². The number of hydrogen-bond acceptors (Lipinski definition) is 5. The van der Waals surface area contributed by atoms with Crippen LogP contribution in [0.25, 0.3) is 0 Å². The van der Waals surface area contributed by atoms with E-state index in [0.29, 0.717) is 17.2 Å². The Hall–Kier alpha value is -2.63. The van der Waals surface area contributed by atoms with Crippen LogP contribution in [-0.4, -0.2) is 48.0 Å². The molecule has 0 aliphatic carbocycles. The SMILES string of the molecule is CNc1cnc(CC2CCCN(C(=O)c3ccccc3OC)CC2)cn1. The number of carbonyl (C=O) groups excluding carboxylic acids is 1. The highest BCUT2D eigenvalue weighted by molar-refractivity contribution is 5.96. The van der Waals surface area contributed by atoms with Gasteiger partial charge >= 0.3 is 0 Å². The number of benzene rings is 1. The van der Waals surface area contributed by atoms with Crippen LogP contribution in [0.3, 0.4) is 0 Å². The number of anilines is 1. The second kappa shape index (κ2) is 8.65. The van der Waals surface area contributed by atoms with Crippen molar-refractivity contribution in [2.24, 2.45) is 5.92 Å². The van der Waals surface area contributed by atoms with Crippen molar-refractivity contribution in [2.45, 2.75) is 25.7 Å². The van der Waals surface area contributed by atoms with Crippen LogP contribution in [0.4, 0.5) is 5.82 Å². The van der Waals surface area contributed by atoms with Gasteiger partial charge in [0.2, 0.25) is 0 Å². The molecule has 1 fully saturated rings. The Morgan fingerprint density at radius 2 is 2.08 bits per heavy atom. The Bertz CT molecular complexity index is 733. The molecule has 2 aromatic rings. The monoisotopic (exact) mass is 354 g/mol. The molecule has 1 aliphatic rings. The molecule has 0 radical (unpaired) electrons. The number of rotatable bonds is 5. The molecule has 3 rings (SSSR count). The summed E-state index contributed by atoms with van der Waals surface area (Å²) in [6.45, 7) is 1.56. The summed E-state index contributed by atoms with van der Waals surface area (Å²) in [5.74, 6) is 2.00. The Morgan fingerprint density at radius 3 is 2.81 bits per heavy atom. The van der Waals surface area contributed by atoms with E-state index in [1.807, 2.05) is 42.4 Å². The van der Waals surface area contributed by atoms with Crippen LogP contribution in [0.15, 0.2) is 36.7 Å². The van der Waals surface area contributed by atoms with Gasteiger partial charge in [-0.1, -0.05) is 12.1 Å². The molecule has 1 aliphatic heterocycles. The molecule has 1 N–H and O–H groups in total. The average molecular weight is 354 g/mol. The van der Waals surface area contributed by atoms with Crippen LogP contribution in [0.1, 0.15) is 35.3 Å². The second-order valence-corrected chi connectivity index (χ2v) is 6.64. The number of methoxy groups -OCH3 is 1. The van der Waals surface area contributed by atoms with Crippen molar-refractivity contribution in [1.82, 2.24) is 14.9 Å². The van der Waals surface area contributed by atoms with Crippen molar-refractivity contribution < 1.29 is 9.53 Å². The number of ether oxygens (including phenoxy) is 1. The summed E-state index contributed by atoms with van der Waals surface area (Å²) >= 11 is 0. The molecule has 1 saturated heterocycles. The fraction of sp³-hybridized carbons (Fsp3) is 0.450. The van der Waals surface area contributed by atoms with Gasteiger partial charge in [0, 0.05) is 20.1 Å². The smallest absolute Gasteiger partial charge is 0.257 e. The number of likely N-dealkylation sites (tertiary alicyclic amines) is 1. The van der Waals surface area contributed by atoms with Crippen LogP contribution in [0.2, 0.25) is 0 Å². The normalized spacial score (nSPS) is 17.5. The first-order valence-electron chi connectivity index (χ1n) is 9.12. The fourth-order valence-electron chi connectivity index (χ4n) is 3.45. The van der Waals surface area contributed by atoms with E-state index < -0.39 is 0 Å². The molecule has 6 nitrogen and oxygen atoms in total. The maximum atomic E-state index is 12.9. The quantitative estimate of drug-likeness (QED) is 0.894. The summed E-state index contributed by atoms with van der Waals surface area (Å²) in [5.41, 5.74) is 1.65. The highest BCUT2D eigenvalue weighted by Crippen LogP contribution is 2.24. The molecule has 0 saturated carbocycles. The molecule has 138 valence electrons. The van der Waals surface area contributed by atoms with Gasteiger partial charge in [0.25, 0.3) is 5.91 Å². The molecule has 1 aromatic carbocycles. The number of para-hydroxylation sites is 1. The predicted molar refractivity (Wildman–Crippen MR) is 102 cm³/mol. The highest BCUT2D eigenvalue weighted by Gasteiger charge is 2.23. The van der Waals surface area contributed by atoms with Gasteiger partial charge in [0.1, 0.15) is 11.6 Å². The molecule has 1 unspecified atom stereocenters. The second-order valence-electron chi connectivity index (χ2n) is 6.64. The summed E-state index contributed by atoms with van der Waals surface area (Å²) in [6, 6.07) is 7.43.